The Bertz CT molecular complexity index is 576. The molecule has 1 aromatic rings. The third kappa shape index (κ3) is 2.65. The first kappa shape index (κ1) is 14.8. The molecule has 2 unspecified atom stereocenters. The summed E-state index contributed by atoms with van der Waals surface area (Å²) in [6.07, 6.45) is 0.677. The van der Waals surface area contributed by atoms with Gasteiger partial charge in [-0.3, -0.25) is 0 Å². The zero-order valence-electron chi connectivity index (χ0n) is 10.8. The van der Waals surface area contributed by atoms with Crippen LogP contribution in [0, 0.1) is 0 Å². The number of nitrogens with zero attached hydrogens (tertiary/aromatic N) is 1. The van der Waals surface area contributed by atoms with Gasteiger partial charge < -0.3 is 10.5 Å². The number of hydrogen-bond acceptors (Lipinski definition) is 4. The second-order valence-electron chi connectivity index (χ2n) is 4.60. The van der Waals surface area contributed by atoms with Crippen LogP contribution in [0.2, 0.25) is 0 Å². The molecular weight excluding hydrogens is 332 g/mol. The average molecular weight is 349 g/mol. The van der Waals surface area contributed by atoms with Crippen molar-refractivity contribution in [2.45, 2.75) is 30.3 Å². The third-order valence-corrected chi connectivity index (χ3v) is 5.97. The summed E-state index contributed by atoms with van der Waals surface area (Å²) in [6.45, 7) is 2.28. The summed E-state index contributed by atoms with van der Waals surface area (Å²) < 4.78 is 32.7. The van der Waals surface area contributed by atoms with Crippen molar-refractivity contribution in [3.05, 3.63) is 22.7 Å². The molecule has 2 N–H and O–H groups in total. The molecule has 2 rings (SSSR count). The molecule has 7 heteroatoms. The van der Waals surface area contributed by atoms with Crippen molar-refractivity contribution in [1.29, 1.82) is 0 Å². The van der Waals surface area contributed by atoms with Gasteiger partial charge in [0.05, 0.1) is 7.11 Å². The van der Waals surface area contributed by atoms with E-state index in [1.54, 1.807) is 18.2 Å². The van der Waals surface area contributed by atoms with E-state index < -0.39 is 10.0 Å². The van der Waals surface area contributed by atoms with Crippen LogP contribution in [0.3, 0.4) is 0 Å². The predicted molar refractivity (Wildman–Crippen MR) is 76.6 cm³/mol. The fourth-order valence-electron chi connectivity index (χ4n) is 2.25. The maximum Gasteiger partial charge on any atom is 0.247 e. The Hall–Kier alpha value is -0.630. The van der Waals surface area contributed by atoms with Crippen LogP contribution in [0.25, 0.3) is 0 Å². The van der Waals surface area contributed by atoms with Gasteiger partial charge in [-0.2, -0.15) is 4.31 Å². The number of rotatable bonds is 3. The smallest absolute Gasteiger partial charge is 0.247 e. The second-order valence-corrected chi connectivity index (χ2v) is 7.38. The first-order valence-electron chi connectivity index (χ1n) is 5.99. The molecule has 0 bridgehead atoms. The molecule has 0 amide bonds. The van der Waals surface area contributed by atoms with Crippen molar-refractivity contribution in [3.63, 3.8) is 0 Å². The minimum atomic E-state index is -3.59. The first-order chi connectivity index (χ1) is 8.87. The van der Waals surface area contributed by atoms with Gasteiger partial charge in [0.2, 0.25) is 10.0 Å². The van der Waals surface area contributed by atoms with Crippen LogP contribution in [-0.2, 0) is 10.0 Å². The fraction of sp³-hybridized carbons (Fsp3) is 0.500. The summed E-state index contributed by atoms with van der Waals surface area (Å²) in [5, 5.41) is 0. The molecule has 0 aliphatic carbocycles. The van der Waals surface area contributed by atoms with Gasteiger partial charge in [0, 0.05) is 23.1 Å². The molecule has 1 aliphatic rings. The monoisotopic (exact) mass is 348 g/mol. The number of sulfonamides is 1. The van der Waals surface area contributed by atoms with E-state index >= 15 is 0 Å². The maximum absolute atomic E-state index is 12.7. The Kier molecular flexibility index (Phi) is 4.20. The normalized spacial score (nSPS) is 24.6. The van der Waals surface area contributed by atoms with Crippen molar-refractivity contribution >= 4 is 26.0 Å². The largest absolute Gasteiger partial charge is 0.495 e. The van der Waals surface area contributed by atoms with Crippen LogP contribution in [0.4, 0.5) is 0 Å². The number of nitrogens with two attached hydrogens (primary N) is 1. The summed E-state index contributed by atoms with van der Waals surface area (Å²) in [6, 6.07) is 4.63. The number of ether oxygens (including phenoxy) is 1. The number of halogens is 1. The average Bonchev–Trinajstić information content (AvgIpc) is 2.70. The van der Waals surface area contributed by atoms with E-state index in [1.165, 1.54) is 11.4 Å². The second kappa shape index (κ2) is 5.40. The number of hydrogen-bond donors (Lipinski definition) is 1. The lowest BCUT2D eigenvalue weighted by Gasteiger charge is -2.23. The van der Waals surface area contributed by atoms with Crippen LogP contribution in [0.15, 0.2) is 27.6 Å². The lowest BCUT2D eigenvalue weighted by molar-refractivity contribution is 0.379. The molecule has 106 valence electrons. The summed E-state index contributed by atoms with van der Waals surface area (Å²) in [7, 11) is -2.13. The van der Waals surface area contributed by atoms with Gasteiger partial charge in [-0.05, 0) is 31.5 Å². The topological polar surface area (TPSA) is 72.6 Å². The van der Waals surface area contributed by atoms with Crippen LogP contribution >= 0.6 is 15.9 Å². The number of benzene rings is 1. The molecule has 1 aliphatic heterocycles. The Morgan fingerprint density at radius 2 is 2.16 bits per heavy atom. The van der Waals surface area contributed by atoms with E-state index in [-0.39, 0.29) is 17.0 Å². The highest BCUT2D eigenvalue weighted by molar-refractivity contribution is 9.10. The van der Waals surface area contributed by atoms with Crippen LogP contribution in [0.1, 0.15) is 13.3 Å². The zero-order valence-corrected chi connectivity index (χ0v) is 13.2. The van der Waals surface area contributed by atoms with E-state index in [4.69, 9.17) is 10.5 Å². The van der Waals surface area contributed by atoms with E-state index in [9.17, 15) is 8.42 Å². The highest BCUT2D eigenvalue weighted by Gasteiger charge is 2.38. The third-order valence-electron chi connectivity index (χ3n) is 3.47. The van der Waals surface area contributed by atoms with Crippen LogP contribution < -0.4 is 10.5 Å². The number of methoxy groups -OCH3 is 1. The summed E-state index contributed by atoms with van der Waals surface area (Å²) in [5.41, 5.74) is 5.90. The van der Waals surface area contributed by atoms with Gasteiger partial charge in [-0.15, -0.1) is 0 Å². The molecule has 1 saturated heterocycles. The van der Waals surface area contributed by atoms with Crippen molar-refractivity contribution in [3.8, 4) is 5.75 Å². The molecule has 5 nitrogen and oxygen atoms in total. The van der Waals surface area contributed by atoms with Gasteiger partial charge in [0.1, 0.15) is 10.6 Å². The van der Waals surface area contributed by atoms with Crippen molar-refractivity contribution in [1.82, 2.24) is 4.31 Å². The molecular formula is C12H17BrN2O3S. The minimum Gasteiger partial charge on any atom is -0.495 e. The Morgan fingerprint density at radius 1 is 1.47 bits per heavy atom. The van der Waals surface area contributed by atoms with E-state index in [2.05, 4.69) is 15.9 Å². The molecule has 1 heterocycles. The lowest BCUT2D eigenvalue weighted by Crippen LogP contribution is -2.40. The van der Waals surface area contributed by atoms with E-state index in [1.807, 2.05) is 6.92 Å². The van der Waals surface area contributed by atoms with Gasteiger partial charge in [-0.25, -0.2) is 8.42 Å². The van der Waals surface area contributed by atoms with Crippen molar-refractivity contribution < 1.29 is 13.2 Å². The molecule has 0 spiro atoms. The standard InChI is InChI=1S/C12H17BrN2O3S/c1-8-10(14)5-6-15(8)19(16,17)12-7-9(13)3-4-11(12)18-2/h3-4,7-8,10H,5-6,14H2,1-2H3. The highest BCUT2D eigenvalue weighted by Crippen LogP contribution is 2.32. The quantitative estimate of drug-likeness (QED) is 0.899. The van der Waals surface area contributed by atoms with Gasteiger partial charge >= 0.3 is 0 Å². The van der Waals surface area contributed by atoms with E-state index in [0.29, 0.717) is 23.2 Å². The molecule has 1 aromatic carbocycles. The van der Waals surface area contributed by atoms with Crippen LogP contribution in [0.5, 0.6) is 5.75 Å². The Morgan fingerprint density at radius 3 is 2.68 bits per heavy atom. The molecule has 0 radical (unpaired) electrons. The summed E-state index contributed by atoms with van der Waals surface area (Å²) in [4.78, 5) is 0.172. The van der Waals surface area contributed by atoms with E-state index in [0.717, 1.165) is 0 Å². The summed E-state index contributed by atoms with van der Waals surface area (Å²) >= 11 is 3.29. The van der Waals surface area contributed by atoms with Gasteiger partial charge in [0.15, 0.2) is 0 Å². The van der Waals surface area contributed by atoms with Crippen molar-refractivity contribution in [2.75, 3.05) is 13.7 Å². The predicted octanol–water partition coefficient (Wildman–Crippen LogP) is 1.57. The van der Waals surface area contributed by atoms with Crippen molar-refractivity contribution in [2.24, 2.45) is 5.73 Å². The van der Waals surface area contributed by atoms with Gasteiger partial charge in [-0.1, -0.05) is 15.9 Å². The van der Waals surface area contributed by atoms with Crippen LogP contribution in [-0.4, -0.2) is 38.5 Å². The molecule has 1 fully saturated rings. The summed E-state index contributed by atoms with van der Waals surface area (Å²) in [5.74, 6) is 0.343. The van der Waals surface area contributed by atoms with Gasteiger partial charge in [0.25, 0.3) is 0 Å². The SMILES string of the molecule is COc1ccc(Br)cc1S(=O)(=O)N1CCC(N)C1C. The maximum atomic E-state index is 12.7. The Balaban J connectivity index is 2.48. The first-order valence-corrected chi connectivity index (χ1v) is 8.22. The molecule has 0 aromatic heterocycles. The minimum absolute atomic E-state index is 0.118. The molecule has 0 saturated carbocycles. The lowest BCUT2D eigenvalue weighted by atomic mass is 10.2. The zero-order chi connectivity index (χ0) is 14.2. The fourth-order valence-corrected chi connectivity index (χ4v) is 4.64. The molecule has 19 heavy (non-hydrogen) atoms. The highest BCUT2D eigenvalue weighted by atomic mass is 79.9. The Labute approximate surface area is 121 Å². The molecule has 2 atom stereocenters.